The van der Waals surface area contributed by atoms with E-state index in [9.17, 15) is 0 Å². The van der Waals surface area contributed by atoms with Crippen LogP contribution in [0.1, 0.15) is 25.0 Å². The minimum atomic E-state index is -0.0116. The van der Waals surface area contributed by atoms with Gasteiger partial charge in [-0.25, -0.2) is 9.97 Å². The maximum atomic E-state index is 5.24. The largest absolute Gasteiger partial charge is 0.228 e. The van der Waals surface area contributed by atoms with Gasteiger partial charge in [0.15, 0.2) is 5.82 Å². The van der Waals surface area contributed by atoms with Crippen molar-refractivity contribution in [2.24, 2.45) is 0 Å². The van der Waals surface area contributed by atoms with Crippen molar-refractivity contribution in [3.05, 3.63) is 217 Å². The van der Waals surface area contributed by atoms with E-state index in [1.54, 1.807) is 0 Å². The molecular weight excluding hydrogens is 713 g/mol. The maximum Gasteiger partial charge on any atom is 0.160 e. The predicted molar refractivity (Wildman–Crippen MR) is 247 cm³/mol. The topological polar surface area (TPSA) is 25.8 Å². The molecule has 1 aliphatic rings. The van der Waals surface area contributed by atoms with E-state index in [2.05, 4.69) is 202 Å². The summed E-state index contributed by atoms with van der Waals surface area (Å²) in [5.74, 6) is 0.706. The van der Waals surface area contributed by atoms with Gasteiger partial charge < -0.3 is 0 Å². The van der Waals surface area contributed by atoms with Crippen LogP contribution in [0.15, 0.2) is 206 Å². The lowest BCUT2D eigenvalue weighted by Gasteiger charge is -2.21. The third-order valence-corrected chi connectivity index (χ3v) is 12.3. The molecule has 0 spiro atoms. The van der Waals surface area contributed by atoms with Crippen molar-refractivity contribution in [2.75, 3.05) is 0 Å². The molecule has 0 bridgehead atoms. The Morgan fingerprint density at radius 1 is 0.305 bits per heavy atom. The highest BCUT2D eigenvalue weighted by Crippen LogP contribution is 2.49. The summed E-state index contributed by atoms with van der Waals surface area (Å²) in [6.07, 6.45) is 0. The molecule has 0 saturated heterocycles. The van der Waals surface area contributed by atoms with Gasteiger partial charge in [0, 0.05) is 22.1 Å². The van der Waals surface area contributed by atoms with Gasteiger partial charge in [0.05, 0.1) is 11.4 Å². The molecule has 1 aromatic heterocycles. The zero-order valence-corrected chi connectivity index (χ0v) is 33.0. The Labute approximate surface area is 345 Å². The Kier molecular flexibility index (Phi) is 8.20. The van der Waals surface area contributed by atoms with E-state index < -0.39 is 0 Å². The van der Waals surface area contributed by atoms with Gasteiger partial charge in [0.1, 0.15) is 0 Å². The second-order valence-corrected chi connectivity index (χ2v) is 16.2. The minimum absolute atomic E-state index is 0.0116. The molecule has 0 saturated carbocycles. The summed E-state index contributed by atoms with van der Waals surface area (Å²) < 4.78 is 0. The lowest BCUT2D eigenvalue weighted by molar-refractivity contribution is 0.660. The third kappa shape index (κ3) is 6.04. The average molecular weight is 753 g/mol. The summed E-state index contributed by atoms with van der Waals surface area (Å²) in [7, 11) is 0. The van der Waals surface area contributed by atoms with E-state index in [0.717, 1.165) is 33.5 Å². The number of aromatic nitrogens is 2. The zero-order chi connectivity index (χ0) is 39.5. The molecule has 10 aromatic rings. The summed E-state index contributed by atoms with van der Waals surface area (Å²) in [6.45, 7) is 4.67. The first-order chi connectivity index (χ1) is 29.0. The standard InChI is InChI=1S/C57H40N2/c1-57(2)52-22-11-10-21-49(52)51-35-44(29-32-53(51)57)42-17-12-18-45(34-42)46-30-31-50(48-20-9-8-19-47(46)48)55-36-54(58-56(59-55)40-14-4-3-5-15-40)39-26-23-38(24-27-39)43-28-25-37-13-6-7-16-41(37)33-43/h3-36H,1-2H3. The van der Waals surface area contributed by atoms with Crippen LogP contribution >= 0.6 is 0 Å². The molecule has 0 radical (unpaired) electrons. The molecule has 11 rings (SSSR count). The van der Waals surface area contributed by atoms with Crippen molar-refractivity contribution >= 4 is 21.5 Å². The van der Waals surface area contributed by atoms with Crippen molar-refractivity contribution in [2.45, 2.75) is 19.3 Å². The van der Waals surface area contributed by atoms with Crippen molar-refractivity contribution in [3.8, 4) is 78.4 Å². The Bertz CT molecular complexity index is 3230. The minimum Gasteiger partial charge on any atom is -0.228 e. The molecule has 2 nitrogen and oxygen atoms in total. The average Bonchev–Trinajstić information content (AvgIpc) is 3.53. The first-order valence-electron chi connectivity index (χ1n) is 20.4. The van der Waals surface area contributed by atoms with Crippen LogP contribution in [0.2, 0.25) is 0 Å². The molecule has 0 fully saturated rings. The second kappa shape index (κ2) is 13.9. The van der Waals surface area contributed by atoms with Gasteiger partial charge in [-0.2, -0.15) is 0 Å². The van der Waals surface area contributed by atoms with E-state index >= 15 is 0 Å². The van der Waals surface area contributed by atoms with Crippen molar-refractivity contribution in [1.29, 1.82) is 0 Å². The molecule has 1 heterocycles. The van der Waals surface area contributed by atoms with Crippen LogP contribution in [0.25, 0.3) is 100.0 Å². The van der Waals surface area contributed by atoms with Gasteiger partial charge in [-0.15, -0.1) is 0 Å². The fraction of sp³-hybridized carbons (Fsp3) is 0.0526. The lowest BCUT2D eigenvalue weighted by atomic mass is 9.82. The highest BCUT2D eigenvalue weighted by molar-refractivity contribution is 6.05. The van der Waals surface area contributed by atoms with Crippen LogP contribution < -0.4 is 0 Å². The Hall–Kier alpha value is -7.42. The molecule has 0 amide bonds. The van der Waals surface area contributed by atoms with Crippen molar-refractivity contribution < 1.29 is 0 Å². The van der Waals surface area contributed by atoms with Crippen LogP contribution in [0.3, 0.4) is 0 Å². The molecular formula is C57H40N2. The normalized spacial score (nSPS) is 12.7. The van der Waals surface area contributed by atoms with Crippen LogP contribution in [0.5, 0.6) is 0 Å². The molecule has 0 aliphatic heterocycles. The summed E-state index contributed by atoms with van der Waals surface area (Å²) in [6, 6.07) is 74.4. The number of nitrogens with zero attached hydrogens (tertiary/aromatic N) is 2. The van der Waals surface area contributed by atoms with E-state index in [1.165, 1.54) is 71.8 Å². The molecule has 0 N–H and O–H groups in total. The fourth-order valence-electron chi connectivity index (χ4n) is 9.19. The van der Waals surface area contributed by atoms with E-state index in [-0.39, 0.29) is 5.41 Å². The van der Waals surface area contributed by atoms with E-state index in [0.29, 0.717) is 5.82 Å². The number of hydrogen-bond acceptors (Lipinski definition) is 2. The van der Waals surface area contributed by atoms with Crippen molar-refractivity contribution in [3.63, 3.8) is 0 Å². The van der Waals surface area contributed by atoms with E-state index in [4.69, 9.17) is 9.97 Å². The van der Waals surface area contributed by atoms with Gasteiger partial charge in [-0.05, 0) is 101 Å². The summed E-state index contributed by atoms with van der Waals surface area (Å²) >= 11 is 0. The third-order valence-electron chi connectivity index (χ3n) is 12.3. The number of hydrogen-bond donors (Lipinski definition) is 0. The maximum absolute atomic E-state index is 5.24. The molecule has 278 valence electrons. The van der Waals surface area contributed by atoms with Crippen LogP contribution in [0, 0.1) is 0 Å². The van der Waals surface area contributed by atoms with Gasteiger partial charge in [-0.3, -0.25) is 0 Å². The quantitative estimate of drug-likeness (QED) is 0.169. The van der Waals surface area contributed by atoms with Gasteiger partial charge >= 0.3 is 0 Å². The molecule has 1 aliphatic carbocycles. The van der Waals surface area contributed by atoms with Crippen LogP contribution in [-0.2, 0) is 5.41 Å². The number of rotatable bonds is 6. The van der Waals surface area contributed by atoms with Gasteiger partial charge in [-0.1, -0.05) is 196 Å². The molecule has 59 heavy (non-hydrogen) atoms. The SMILES string of the molecule is CC1(C)c2ccccc2-c2cc(-c3cccc(-c4ccc(-c5cc(-c6ccc(-c7ccc8ccccc8c7)cc6)nc(-c6ccccc6)n5)c5ccccc45)c3)ccc21. The molecule has 9 aromatic carbocycles. The number of benzene rings is 9. The molecule has 0 unspecified atom stereocenters. The Balaban J connectivity index is 0.989. The Morgan fingerprint density at radius 2 is 0.881 bits per heavy atom. The summed E-state index contributed by atoms with van der Waals surface area (Å²) in [4.78, 5) is 10.4. The first-order valence-corrected chi connectivity index (χ1v) is 20.4. The first kappa shape index (κ1) is 34.8. The predicted octanol–water partition coefficient (Wildman–Crippen LogP) is 15.1. The van der Waals surface area contributed by atoms with Crippen LogP contribution in [0.4, 0.5) is 0 Å². The fourth-order valence-corrected chi connectivity index (χ4v) is 9.19. The zero-order valence-electron chi connectivity index (χ0n) is 33.0. The monoisotopic (exact) mass is 752 g/mol. The highest BCUT2D eigenvalue weighted by Gasteiger charge is 2.35. The summed E-state index contributed by atoms with van der Waals surface area (Å²) in [5, 5.41) is 4.83. The second-order valence-electron chi connectivity index (χ2n) is 16.2. The van der Waals surface area contributed by atoms with Gasteiger partial charge in [0.2, 0.25) is 0 Å². The molecule has 2 heteroatoms. The smallest absolute Gasteiger partial charge is 0.160 e. The molecule has 0 atom stereocenters. The number of fused-ring (bicyclic) bond motifs is 5. The van der Waals surface area contributed by atoms with Crippen molar-refractivity contribution in [1.82, 2.24) is 9.97 Å². The van der Waals surface area contributed by atoms with E-state index in [1.807, 2.05) is 18.2 Å². The lowest BCUT2D eigenvalue weighted by Crippen LogP contribution is -2.14. The van der Waals surface area contributed by atoms with Crippen LogP contribution in [-0.4, -0.2) is 9.97 Å². The van der Waals surface area contributed by atoms with Gasteiger partial charge in [0.25, 0.3) is 0 Å². The highest BCUT2D eigenvalue weighted by atomic mass is 14.9. The Morgan fingerprint density at radius 3 is 1.73 bits per heavy atom. The summed E-state index contributed by atoms with van der Waals surface area (Å²) in [5.41, 5.74) is 17.5.